The van der Waals surface area contributed by atoms with Gasteiger partial charge in [-0.05, 0) is 32.3 Å². The largest absolute Gasteiger partial charge is 0.359 e. The van der Waals surface area contributed by atoms with Gasteiger partial charge in [-0.3, -0.25) is 10.1 Å². The number of halogens is 2. The highest BCUT2D eigenvalue weighted by molar-refractivity contribution is 6.42. The Morgan fingerprint density at radius 3 is 2.65 bits per heavy atom. The van der Waals surface area contributed by atoms with Crippen molar-refractivity contribution in [3.63, 3.8) is 0 Å². The lowest BCUT2D eigenvalue weighted by atomic mass is 9.95. The molecule has 0 aliphatic carbocycles. The van der Waals surface area contributed by atoms with E-state index < -0.39 is 4.92 Å². The molecule has 7 heteroatoms. The van der Waals surface area contributed by atoms with E-state index in [1.165, 1.54) is 6.07 Å². The van der Waals surface area contributed by atoms with Crippen molar-refractivity contribution < 1.29 is 4.92 Å². The van der Waals surface area contributed by atoms with Crippen molar-refractivity contribution in [2.24, 2.45) is 5.73 Å². The van der Waals surface area contributed by atoms with Crippen molar-refractivity contribution in [2.45, 2.75) is 38.3 Å². The van der Waals surface area contributed by atoms with Crippen LogP contribution in [0.15, 0.2) is 12.1 Å². The van der Waals surface area contributed by atoms with Gasteiger partial charge in [0.1, 0.15) is 5.69 Å². The Bertz CT molecular complexity index is 525. The maximum atomic E-state index is 11.3. The average Bonchev–Trinajstić information content (AvgIpc) is 2.41. The number of benzene rings is 1. The first-order chi connectivity index (χ1) is 9.45. The summed E-state index contributed by atoms with van der Waals surface area (Å²) in [5.74, 6) is 0. The van der Waals surface area contributed by atoms with Crippen LogP contribution >= 0.6 is 23.2 Å². The Kier molecular flexibility index (Phi) is 4.73. The molecule has 0 aromatic heterocycles. The van der Waals surface area contributed by atoms with E-state index in [0.29, 0.717) is 17.3 Å². The predicted octanol–water partition coefficient (Wildman–Crippen LogP) is 3.61. The number of nitro groups is 1. The Morgan fingerprint density at radius 2 is 2.05 bits per heavy atom. The van der Waals surface area contributed by atoms with Gasteiger partial charge in [-0.15, -0.1) is 0 Å². The third-order valence-corrected chi connectivity index (χ3v) is 4.51. The van der Waals surface area contributed by atoms with Gasteiger partial charge < -0.3 is 10.6 Å². The third-order valence-electron chi connectivity index (χ3n) is 3.79. The number of hydrogen-bond donors (Lipinski definition) is 1. The van der Waals surface area contributed by atoms with Crippen LogP contribution < -0.4 is 10.6 Å². The fourth-order valence-corrected chi connectivity index (χ4v) is 3.15. The van der Waals surface area contributed by atoms with E-state index in [-0.39, 0.29) is 22.8 Å². The summed E-state index contributed by atoms with van der Waals surface area (Å²) < 4.78 is 0. The predicted molar refractivity (Wildman–Crippen MR) is 81.8 cm³/mol. The van der Waals surface area contributed by atoms with E-state index in [0.717, 1.165) is 19.3 Å². The highest BCUT2D eigenvalue weighted by atomic mass is 35.5. The average molecular weight is 318 g/mol. The SMILES string of the molecule is CC1CCCC(CN)N1c1cc(Cl)c(Cl)cc1[N+](=O)[O-]. The zero-order valence-corrected chi connectivity index (χ0v) is 12.7. The zero-order chi connectivity index (χ0) is 14.9. The molecular weight excluding hydrogens is 301 g/mol. The molecule has 20 heavy (non-hydrogen) atoms. The molecule has 1 fully saturated rings. The van der Waals surface area contributed by atoms with Crippen molar-refractivity contribution in [3.8, 4) is 0 Å². The summed E-state index contributed by atoms with van der Waals surface area (Å²) in [7, 11) is 0. The molecule has 110 valence electrons. The van der Waals surface area contributed by atoms with Crippen LogP contribution in [0.3, 0.4) is 0 Å². The lowest BCUT2D eigenvalue weighted by Gasteiger charge is -2.41. The van der Waals surface area contributed by atoms with Crippen LogP contribution in [0.4, 0.5) is 11.4 Å². The summed E-state index contributed by atoms with van der Waals surface area (Å²) in [6.07, 6.45) is 2.99. The molecule has 0 spiro atoms. The molecule has 2 unspecified atom stereocenters. The van der Waals surface area contributed by atoms with E-state index in [9.17, 15) is 10.1 Å². The van der Waals surface area contributed by atoms with Crippen molar-refractivity contribution in [2.75, 3.05) is 11.4 Å². The van der Waals surface area contributed by atoms with Crippen molar-refractivity contribution >= 4 is 34.6 Å². The Labute approximate surface area is 127 Å². The van der Waals surface area contributed by atoms with E-state index in [2.05, 4.69) is 0 Å². The van der Waals surface area contributed by atoms with Gasteiger partial charge in [0.2, 0.25) is 0 Å². The Hall–Kier alpha value is -1.04. The van der Waals surface area contributed by atoms with Gasteiger partial charge in [-0.1, -0.05) is 23.2 Å². The molecule has 2 rings (SSSR count). The molecule has 0 saturated carbocycles. The monoisotopic (exact) mass is 317 g/mol. The molecule has 0 amide bonds. The summed E-state index contributed by atoms with van der Waals surface area (Å²) in [4.78, 5) is 12.9. The van der Waals surface area contributed by atoms with E-state index >= 15 is 0 Å². The number of hydrogen-bond acceptors (Lipinski definition) is 4. The number of piperidine rings is 1. The minimum atomic E-state index is -0.424. The summed E-state index contributed by atoms with van der Waals surface area (Å²) >= 11 is 11.9. The first-order valence-corrected chi connectivity index (χ1v) is 7.33. The first kappa shape index (κ1) is 15.4. The van der Waals surface area contributed by atoms with Crippen LogP contribution in [0.25, 0.3) is 0 Å². The molecule has 2 N–H and O–H groups in total. The van der Waals surface area contributed by atoms with Gasteiger partial charge in [0.25, 0.3) is 5.69 Å². The van der Waals surface area contributed by atoms with E-state index in [1.54, 1.807) is 6.07 Å². The second-order valence-corrected chi connectivity index (χ2v) is 5.90. The third kappa shape index (κ3) is 2.85. The molecule has 1 heterocycles. The zero-order valence-electron chi connectivity index (χ0n) is 11.2. The molecule has 1 aromatic rings. The summed E-state index contributed by atoms with van der Waals surface area (Å²) in [5, 5.41) is 11.8. The quantitative estimate of drug-likeness (QED) is 0.682. The summed E-state index contributed by atoms with van der Waals surface area (Å²) in [6.45, 7) is 2.51. The van der Waals surface area contributed by atoms with E-state index in [1.807, 2.05) is 11.8 Å². The smallest absolute Gasteiger partial charge is 0.294 e. The van der Waals surface area contributed by atoms with Crippen LogP contribution in [-0.4, -0.2) is 23.6 Å². The molecule has 0 bridgehead atoms. The number of nitro benzene ring substituents is 1. The molecule has 1 saturated heterocycles. The maximum Gasteiger partial charge on any atom is 0.294 e. The highest BCUT2D eigenvalue weighted by Crippen LogP contribution is 2.40. The Balaban J connectivity index is 2.53. The van der Waals surface area contributed by atoms with Gasteiger partial charge in [0.15, 0.2) is 0 Å². The number of anilines is 1. The molecule has 5 nitrogen and oxygen atoms in total. The standard InChI is InChI=1S/C13H17Cl2N3O2/c1-8-3-2-4-9(7-16)17(8)12-5-10(14)11(15)6-13(12)18(19)20/h5-6,8-9H,2-4,7,16H2,1H3. The lowest BCUT2D eigenvalue weighted by Crippen LogP contribution is -2.49. The molecular formula is C13H17Cl2N3O2. The van der Waals surface area contributed by atoms with Crippen molar-refractivity contribution in [1.29, 1.82) is 0 Å². The van der Waals surface area contributed by atoms with Gasteiger partial charge in [0.05, 0.1) is 15.0 Å². The minimum Gasteiger partial charge on any atom is -0.359 e. The second-order valence-electron chi connectivity index (χ2n) is 5.09. The number of rotatable bonds is 3. The minimum absolute atomic E-state index is 0.0217. The molecule has 0 radical (unpaired) electrons. The van der Waals surface area contributed by atoms with Crippen LogP contribution in [0.5, 0.6) is 0 Å². The fourth-order valence-electron chi connectivity index (χ4n) is 2.83. The molecule has 2 atom stereocenters. The molecule has 1 aliphatic rings. The molecule has 1 aromatic carbocycles. The first-order valence-electron chi connectivity index (χ1n) is 6.57. The number of nitrogens with zero attached hydrogens (tertiary/aromatic N) is 2. The summed E-state index contributed by atoms with van der Waals surface area (Å²) in [6, 6.07) is 3.17. The Morgan fingerprint density at radius 1 is 1.40 bits per heavy atom. The lowest BCUT2D eigenvalue weighted by molar-refractivity contribution is -0.384. The fraction of sp³-hybridized carbons (Fsp3) is 0.538. The van der Waals surface area contributed by atoms with Crippen LogP contribution in [0, 0.1) is 10.1 Å². The van der Waals surface area contributed by atoms with E-state index in [4.69, 9.17) is 28.9 Å². The van der Waals surface area contributed by atoms with Crippen molar-refractivity contribution in [3.05, 3.63) is 32.3 Å². The highest BCUT2D eigenvalue weighted by Gasteiger charge is 2.32. The maximum absolute atomic E-state index is 11.3. The van der Waals surface area contributed by atoms with Crippen LogP contribution in [-0.2, 0) is 0 Å². The topological polar surface area (TPSA) is 72.4 Å². The van der Waals surface area contributed by atoms with Gasteiger partial charge in [0, 0.05) is 24.7 Å². The van der Waals surface area contributed by atoms with Gasteiger partial charge in [-0.25, -0.2) is 0 Å². The van der Waals surface area contributed by atoms with Crippen LogP contribution in [0.1, 0.15) is 26.2 Å². The van der Waals surface area contributed by atoms with Crippen LogP contribution in [0.2, 0.25) is 10.0 Å². The van der Waals surface area contributed by atoms with Crippen molar-refractivity contribution in [1.82, 2.24) is 0 Å². The van der Waals surface area contributed by atoms with Gasteiger partial charge >= 0.3 is 0 Å². The second kappa shape index (κ2) is 6.16. The number of nitrogens with two attached hydrogens (primary N) is 1. The normalized spacial score (nSPS) is 22.9. The molecule has 1 aliphatic heterocycles. The van der Waals surface area contributed by atoms with Gasteiger partial charge in [-0.2, -0.15) is 0 Å². The summed E-state index contributed by atoms with van der Waals surface area (Å²) in [5.41, 5.74) is 6.30.